The first kappa shape index (κ1) is 12.0. The highest BCUT2D eigenvalue weighted by Crippen LogP contribution is 2.39. The molecule has 1 fully saturated rings. The zero-order valence-corrected chi connectivity index (χ0v) is 10.3. The first-order valence-corrected chi connectivity index (χ1v) is 5.08. The van der Waals surface area contributed by atoms with Gasteiger partial charge >= 0.3 is 0 Å². The number of rotatable bonds is 0. The van der Waals surface area contributed by atoms with Crippen LogP contribution < -0.4 is 0 Å². The van der Waals surface area contributed by atoms with Gasteiger partial charge < -0.3 is 4.74 Å². The van der Waals surface area contributed by atoms with Crippen LogP contribution in [0.2, 0.25) is 0 Å². The van der Waals surface area contributed by atoms with Gasteiger partial charge in [-0.05, 0) is 27.7 Å². The van der Waals surface area contributed by atoms with E-state index in [1.807, 2.05) is 27.7 Å². The molecule has 1 rings (SSSR count). The van der Waals surface area contributed by atoms with E-state index < -0.39 is 5.60 Å². The van der Waals surface area contributed by atoms with Crippen LogP contribution in [-0.4, -0.2) is 17.5 Å². The average molecular weight is 202 g/mol. The number of hydrogen-bond donors (Lipinski definition) is 0. The smallest absolute Gasteiger partial charge is 0.196 e. The molecule has 1 unspecified atom stereocenters. The van der Waals surface area contributed by atoms with Gasteiger partial charge in [0.05, 0.1) is 5.60 Å². The fourth-order valence-corrected chi connectivity index (χ4v) is 1.01. The highest BCUT2D eigenvalue weighted by Gasteiger charge is 2.49. The van der Waals surface area contributed by atoms with Gasteiger partial charge in [0.15, 0.2) is 6.29 Å². The van der Waals surface area contributed by atoms with Crippen molar-refractivity contribution in [3.05, 3.63) is 0 Å². The zero-order valence-electron chi connectivity index (χ0n) is 10.3. The predicted octanol–water partition coefficient (Wildman–Crippen LogP) is 2.89. The van der Waals surface area contributed by atoms with E-state index in [1.54, 1.807) is 0 Å². The topological polar surface area (TPSA) is 27.7 Å². The summed E-state index contributed by atoms with van der Waals surface area (Å²) in [5.74, 6) is 0. The quantitative estimate of drug-likeness (QED) is 0.565. The van der Waals surface area contributed by atoms with Crippen LogP contribution in [-0.2, 0) is 14.5 Å². The van der Waals surface area contributed by atoms with E-state index >= 15 is 0 Å². The van der Waals surface area contributed by atoms with Crippen LogP contribution in [0.1, 0.15) is 48.5 Å². The third kappa shape index (κ3) is 2.10. The maximum absolute atomic E-state index is 5.91. The molecule has 0 aromatic heterocycles. The third-order valence-electron chi connectivity index (χ3n) is 2.90. The Morgan fingerprint density at radius 3 is 1.79 bits per heavy atom. The van der Waals surface area contributed by atoms with Crippen LogP contribution in [0.15, 0.2) is 0 Å². The largest absolute Gasteiger partial charge is 0.340 e. The predicted molar refractivity (Wildman–Crippen MR) is 54.7 cm³/mol. The standard InChI is InChI=1S/C11H22O3/c1-9(2,3)8-12-10(4,5)11(6,7)14-13-8/h8H,1-7H3. The third-order valence-corrected chi connectivity index (χ3v) is 2.90. The van der Waals surface area contributed by atoms with Crippen LogP contribution in [0.3, 0.4) is 0 Å². The lowest BCUT2D eigenvalue weighted by Crippen LogP contribution is -2.58. The second kappa shape index (κ2) is 3.19. The molecule has 0 aliphatic carbocycles. The van der Waals surface area contributed by atoms with Gasteiger partial charge in [-0.1, -0.05) is 20.8 Å². The molecule has 0 aromatic carbocycles. The Kier molecular flexibility index (Phi) is 2.72. The Morgan fingerprint density at radius 1 is 0.929 bits per heavy atom. The van der Waals surface area contributed by atoms with Crippen LogP contribution in [0.5, 0.6) is 0 Å². The zero-order chi connectivity index (χ0) is 11.2. The summed E-state index contributed by atoms with van der Waals surface area (Å²) >= 11 is 0. The molecule has 84 valence electrons. The van der Waals surface area contributed by atoms with Crippen molar-refractivity contribution >= 4 is 0 Å². The molecule has 1 atom stereocenters. The molecule has 0 amide bonds. The molecule has 3 heteroatoms. The summed E-state index contributed by atoms with van der Waals surface area (Å²) in [7, 11) is 0. The molecule has 0 aromatic rings. The van der Waals surface area contributed by atoms with E-state index in [4.69, 9.17) is 14.5 Å². The van der Waals surface area contributed by atoms with E-state index in [0.717, 1.165) is 0 Å². The maximum Gasteiger partial charge on any atom is 0.196 e. The van der Waals surface area contributed by atoms with Crippen LogP contribution in [0.25, 0.3) is 0 Å². The van der Waals surface area contributed by atoms with Gasteiger partial charge in [-0.3, -0.25) is 0 Å². The van der Waals surface area contributed by atoms with Gasteiger partial charge in [-0.25, -0.2) is 9.78 Å². The van der Waals surface area contributed by atoms with Crippen LogP contribution in [0.4, 0.5) is 0 Å². The molecule has 0 bridgehead atoms. The van der Waals surface area contributed by atoms with Crippen molar-refractivity contribution in [2.75, 3.05) is 0 Å². The first-order valence-electron chi connectivity index (χ1n) is 5.08. The molecular formula is C11H22O3. The molecule has 1 aliphatic rings. The molecule has 0 saturated carbocycles. The molecule has 1 heterocycles. The fourth-order valence-electron chi connectivity index (χ4n) is 1.01. The lowest BCUT2D eigenvalue weighted by molar-refractivity contribution is -0.513. The van der Waals surface area contributed by atoms with Crippen LogP contribution >= 0.6 is 0 Å². The average Bonchev–Trinajstić information content (AvgIpc) is 1.92. The van der Waals surface area contributed by atoms with Crippen LogP contribution in [0, 0.1) is 5.41 Å². The summed E-state index contributed by atoms with van der Waals surface area (Å²) < 4.78 is 5.91. The highest BCUT2D eigenvalue weighted by molar-refractivity contribution is 4.91. The van der Waals surface area contributed by atoms with Gasteiger partial charge in [0.1, 0.15) is 5.60 Å². The highest BCUT2D eigenvalue weighted by atomic mass is 17.2. The van der Waals surface area contributed by atoms with E-state index in [0.29, 0.717) is 0 Å². The lowest BCUT2D eigenvalue weighted by atomic mass is 9.87. The molecule has 0 N–H and O–H groups in total. The number of hydrogen-bond acceptors (Lipinski definition) is 3. The summed E-state index contributed by atoms with van der Waals surface area (Å²) in [4.78, 5) is 10.7. The van der Waals surface area contributed by atoms with E-state index in [9.17, 15) is 0 Å². The maximum atomic E-state index is 5.91. The number of ether oxygens (including phenoxy) is 1. The Balaban J connectivity index is 2.78. The molecular weight excluding hydrogens is 180 g/mol. The minimum Gasteiger partial charge on any atom is -0.340 e. The Bertz CT molecular complexity index is 213. The van der Waals surface area contributed by atoms with E-state index in [-0.39, 0.29) is 17.3 Å². The second-order valence-electron chi connectivity index (χ2n) is 6.02. The molecule has 14 heavy (non-hydrogen) atoms. The van der Waals surface area contributed by atoms with Gasteiger partial charge in [0.25, 0.3) is 0 Å². The minimum absolute atomic E-state index is 0.0756. The monoisotopic (exact) mass is 202 g/mol. The summed E-state index contributed by atoms with van der Waals surface area (Å²) in [6, 6.07) is 0. The van der Waals surface area contributed by atoms with E-state index in [1.165, 1.54) is 0 Å². The van der Waals surface area contributed by atoms with Gasteiger partial charge in [0, 0.05) is 5.41 Å². The van der Waals surface area contributed by atoms with Crippen molar-refractivity contribution in [3.63, 3.8) is 0 Å². The normalized spacial score (nSPS) is 31.5. The second-order valence-corrected chi connectivity index (χ2v) is 6.02. The fraction of sp³-hybridized carbons (Fsp3) is 1.00. The molecule has 1 aliphatic heterocycles. The molecule has 0 radical (unpaired) electrons. The van der Waals surface area contributed by atoms with Gasteiger partial charge in [0.2, 0.25) is 0 Å². The molecule has 1 saturated heterocycles. The Morgan fingerprint density at radius 2 is 1.43 bits per heavy atom. The SMILES string of the molecule is CC(C)(C)C1OOC(C)(C)C(C)(C)O1. The van der Waals surface area contributed by atoms with Crippen molar-refractivity contribution in [1.29, 1.82) is 0 Å². The molecule has 3 nitrogen and oxygen atoms in total. The summed E-state index contributed by atoms with van der Waals surface area (Å²) in [6.45, 7) is 14.2. The van der Waals surface area contributed by atoms with Crippen molar-refractivity contribution in [3.8, 4) is 0 Å². The van der Waals surface area contributed by atoms with Crippen molar-refractivity contribution in [2.24, 2.45) is 5.41 Å². The van der Waals surface area contributed by atoms with Crippen molar-refractivity contribution in [2.45, 2.75) is 66.0 Å². The van der Waals surface area contributed by atoms with Crippen molar-refractivity contribution < 1.29 is 14.5 Å². The van der Waals surface area contributed by atoms with E-state index in [2.05, 4.69) is 20.8 Å². The van der Waals surface area contributed by atoms with Crippen molar-refractivity contribution in [1.82, 2.24) is 0 Å². The Labute approximate surface area is 86.7 Å². The summed E-state index contributed by atoms with van der Waals surface area (Å²) in [5, 5.41) is 0. The minimum atomic E-state index is -0.422. The lowest BCUT2D eigenvalue weighted by Gasteiger charge is -2.49. The first-order chi connectivity index (χ1) is 6.06. The summed E-state index contributed by atoms with van der Waals surface area (Å²) in [5.41, 5.74) is -0.842. The Hall–Kier alpha value is -0.120. The molecule has 0 spiro atoms. The van der Waals surface area contributed by atoms with Gasteiger partial charge in [-0.2, -0.15) is 0 Å². The van der Waals surface area contributed by atoms with Gasteiger partial charge in [-0.15, -0.1) is 0 Å². The summed E-state index contributed by atoms with van der Waals surface area (Å²) in [6.07, 6.45) is -0.314.